The fourth-order valence-corrected chi connectivity index (χ4v) is 2.49. The van der Waals surface area contributed by atoms with E-state index in [1.165, 1.54) is 13.2 Å². The number of carbonyl (C=O) groups excluding carboxylic acids is 3. The zero-order valence-electron chi connectivity index (χ0n) is 14.8. The van der Waals surface area contributed by atoms with Crippen molar-refractivity contribution in [3.8, 4) is 0 Å². The number of hydrogen-bond donors (Lipinski definition) is 3. The van der Waals surface area contributed by atoms with Crippen LogP contribution in [-0.2, 0) is 20.7 Å². The molecule has 0 unspecified atom stereocenters. The Balaban J connectivity index is 2.74. The first kappa shape index (κ1) is 20.7. The number of H-pyrrole nitrogens is 1. The number of nitrogens with zero attached hydrogens (tertiary/aromatic N) is 1. The minimum Gasteiger partial charge on any atom is -0.469 e. The molecule has 0 aliphatic carbocycles. The van der Waals surface area contributed by atoms with E-state index in [1.54, 1.807) is 27.7 Å². The van der Waals surface area contributed by atoms with Gasteiger partial charge in [-0.15, -0.1) is 0 Å². The zero-order chi connectivity index (χ0) is 19.2. The van der Waals surface area contributed by atoms with Crippen LogP contribution in [0.15, 0.2) is 16.0 Å². The molecule has 0 saturated heterocycles. The first-order chi connectivity index (χ1) is 11.5. The predicted octanol–water partition coefficient (Wildman–Crippen LogP) is 0.590. The molecule has 1 aromatic rings. The van der Waals surface area contributed by atoms with Crippen LogP contribution >= 0.6 is 11.8 Å². The summed E-state index contributed by atoms with van der Waals surface area (Å²) in [5, 5.41) is 4.31. The van der Waals surface area contributed by atoms with Crippen LogP contribution in [0.4, 0.5) is 4.79 Å². The molecule has 1 aromatic heterocycles. The maximum Gasteiger partial charge on any atom is 0.321 e. The lowest BCUT2D eigenvalue weighted by atomic mass is 10.1. The van der Waals surface area contributed by atoms with Gasteiger partial charge in [0.2, 0.25) is 5.91 Å². The third-order valence-corrected chi connectivity index (χ3v) is 3.69. The van der Waals surface area contributed by atoms with Crippen molar-refractivity contribution >= 4 is 29.7 Å². The summed E-state index contributed by atoms with van der Waals surface area (Å²) in [6.45, 7) is 6.93. The van der Waals surface area contributed by atoms with Gasteiger partial charge in [0, 0.05) is 11.6 Å². The third-order valence-electron chi connectivity index (χ3n) is 2.71. The third kappa shape index (κ3) is 7.84. The van der Waals surface area contributed by atoms with Gasteiger partial charge in [-0.2, -0.15) is 0 Å². The van der Waals surface area contributed by atoms with Crippen LogP contribution in [0.3, 0.4) is 0 Å². The van der Waals surface area contributed by atoms with E-state index >= 15 is 0 Å². The number of nitrogens with one attached hydrogen (secondary N) is 3. The normalized spacial score (nSPS) is 12.2. The van der Waals surface area contributed by atoms with Crippen LogP contribution in [0.2, 0.25) is 0 Å². The van der Waals surface area contributed by atoms with Gasteiger partial charge in [-0.1, -0.05) is 11.8 Å². The molecule has 0 spiro atoms. The van der Waals surface area contributed by atoms with Crippen LogP contribution in [0.1, 0.15) is 33.4 Å². The molecule has 1 rings (SSSR count). The summed E-state index contributed by atoms with van der Waals surface area (Å²) < 4.78 is 4.53. The molecule has 0 fully saturated rings. The highest BCUT2D eigenvalue weighted by Crippen LogP contribution is 2.18. The summed E-state index contributed by atoms with van der Waals surface area (Å²) in [5.41, 5.74) is -0.693. The summed E-state index contributed by atoms with van der Waals surface area (Å²) in [6.07, 6.45) is -0.150. The standard InChI is InChI=1S/C15H22N4O5S/c1-8(12(22)18-13(23)19-15(2,3)4)25-14-16-9(6-10(20)17-14)7-11(21)24-5/h6,8H,7H2,1-5H3,(H,16,17,20)(H2,18,19,22,23)/t8-/m0/s1. The van der Waals surface area contributed by atoms with Crippen molar-refractivity contribution in [3.63, 3.8) is 0 Å². The Bertz CT molecular complexity index is 711. The molecule has 138 valence electrons. The lowest BCUT2D eigenvalue weighted by Gasteiger charge is -2.21. The zero-order valence-corrected chi connectivity index (χ0v) is 15.6. The molecule has 3 amide bonds. The molecule has 3 N–H and O–H groups in total. The molecule has 0 radical (unpaired) electrons. The first-order valence-corrected chi connectivity index (χ1v) is 8.35. The monoisotopic (exact) mass is 370 g/mol. The van der Waals surface area contributed by atoms with Crippen molar-refractivity contribution < 1.29 is 19.1 Å². The Kier molecular flexibility index (Phi) is 7.16. The fraction of sp³-hybridized carbons (Fsp3) is 0.533. The number of aromatic nitrogens is 2. The molecule has 0 aromatic carbocycles. The van der Waals surface area contributed by atoms with Crippen LogP contribution < -0.4 is 16.2 Å². The number of methoxy groups -OCH3 is 1. The van der Waals surface area contributed by atoms with E-state index in [0.717, 1.165) is 11.8 Å². The van der Waals surface area contributed by atoms with Gasteiger partial charge in [-0.25, -0.2) is 9.78 Å². The summed E-state index contributed by atoms with van der Waals surface area (Å²) in [4.78, 5) is 53.3. The second-order valence-corrected chi connectivity index (χ2v) is 7.58. The Morgan fingerprint density at radius 1 is 1.36 bits per heavy atom. The number of carbonyl (C=O) groups is 3. The minimum absolute atomic E-state index is 0.150. The van der Waals surface area contributed by atoms with E-state index in [4.69, 9.17) is 0 Å². The van der Waals surface area contributed by atoms with Crippen LogP contribution in [0.5, 0.6) is 0 Å². The molecular weight excluding hydrogens is 348 g/mol. The molecule has 1 atom stereocenters. The van der Waals surface area contributed by atoms with Gasteiger partial charge in [-0.3, -0.25) is 19.7 Å². The van der Waals surface area contributed by atoms with Crippen molar-refractivity contribution in [1.29, 1.82) is 0 Å². The van der Waals surface area contributed by atoms with Crippen LogP contribution in [-0.4, -0.2) is 45.8 Å². The largest absolute Gasteiger partial charge is 0.469 e. The molecule has 10 heteroatoms. The number of urea groups is 1. The van der Waals surface area contributed by atoms with E-state index in [1.807, 2.05) is 0 Å². The Labute approximate surface area is 149 Å². The van der Waals surface area contributed by atoms with Gasteiger partial charge in [0.15, 0.2) is 5.16 Å². The minimum atomic E-state index is -0.692. The van der Waals surface area contributed by atoms with Gasteiger partial charge in [0.05, 0.1) is 24.5 Å². The van der Waals surface area contributed by atoms with Gasteiger partial charge >= 0.3 is 12.0 Å². The second-order valence-electron chi connectivity index (χ2n) is 6.25. The topological polar surface area (TPSA) is 130 Å². The summed E-state index contributed by atoms with van der Waals surface area (Å²) >= 11 is 0.964. The number of rotatable bonds is 5. The maximum absolute atomic E-state index is 12.1. The number of esters is 1. The number of imide groups is 1. The van der Waals surface area contributed by atoms with Crippen LogP contribution in [0, 0.1) is 0 Å². The van der Waals surface area contributed by atoms with Gasteiger partial charge in [-0.05, 0) is 27.7 Å². The molecular formula is C15H22N4O5S. The van der Waals surface area contributed by atoms with Gasteiger partial charge < -0.3 is 15.0 Å². The number of thioether (sulfide) groups is 1. The fourth-order valence-electron chi connectivity index (χ4n) is 1.66. The van der Waals surface area contributed by atoms with E-state index in [0.29, 0.717) is 0 Å². The van der Waals surface area contributed by atoms with Crippen molar-refractivity contribution in [2.24, 2.45) is 0 Å². The van der Waals surface area contributed by atoms with Crippen molar-refractivity contribution in [2.75, 3.05) is 7.11 Å². The highest BCUT2D eigenvalue weighted by Gasteiger charge is 2.21. The number of ether oxygens (including phenoxy) is 1. The highest BCUT2D eigenvalue weighted by atomic mass is 32.2. The molecule has 0 bridgehead atoms. The Morgan fingerprint density at radius 3 is 2.56 bits per heavy atom. The molecule has 0 aliphatic rings. The van der Waals surface area contributed by atoms with Crippen molar-refractivity contribution in [3.05, 3.63) is 22.1 Å². The molecule has 0 aliphatic heterocycles. The molecule has 9 nitrogen and oxygen atoms in total. The predicted molar refractivity (Wildman–Crippen MR) is 92.3 cm³/mol. The first-order valence-electron chi connectivity index (χ1n) is 7.47. The van der Waals surface area contributed by atoms with Crippen LogP contribution in [0.25, 0.3) is 0 Å². The molecule has 25 heavy (non-hydrogen) atoms. The van der Waals surface area contributed by atoms with Crippen molar-refractivity contribution in [1.82, 2.24) is 20.6 Å². The van der Waals surface area contributed by atoms with E-state index in [-0.39, 0.29) is 17.3 Å². The van der Waals surface area contributed by atoms with Crippen molar-refractivity contribution in [2.45, 2.75) is 50.1 Å². The molecule has 0 saturated carbocycles. The average molecular weight is 370 g/mol. The lowest BCUT2D eigenvalue weighted by Crippen LogP contribution is -2.49. The highest BCUT2D eigenvalue weighted by molar-refractivity contribution is 8.00. The van der Waals surface area contributed by atoms with E-state index in [2.05, 4.69) is 25.3 Å². The average Bonchev–Trinajstić information content (AvgIpc) is 2.44. The Hall–Kier alpha value is -2.36. The Morgan fingerprint density at radius 2 is 2.00 bits per heavy atom. The van der Waals surface area contributed by atoms with E-state index in [9.17, 15) is 19.2 Å². The number of hydrogen-bond acceptors (Lipinski definition) is 7. The van der Waals surface area contributed by atoms with Gasteiger partial charge in [0.1, 0.15) is 0 Å². The van der Waals surface area contributed by atoms with Gasteiger partial charge in [0.25, 0.3) is 5.56 Å². The SMILES string of the molecule is COC(=O)Cc1cc(=O)[nH]c(S[C@@H](C)C(=O)NC(=O)NC(C)(C)C)n1. The molecule has 1 heterocycles. The quantitative estimate of drug-likeness (QED) is 0.393. The lowest BCUT2D eigenvalue weighted by molar-refractivity contribution is -0.139. The van der Waals surface area contributed by atoms with E-state index < -0.39 is 34.3 Å². The summed E-state index contributed by atoms with van der Waals surface area (Å²) in [6, 6.07) is 0.577. The number of amides is 3. The summed E-state index contributed by atoms with van der Waals surface area (Å²) in [5.74, 6) is -1.06. The summed E-state index contributed by atoms with van der Waals surface area (Å²) in [7, 11) is 1.24. The second kappa shape index (κ2) is 8.65. The smallest absolute Gasteiger partial charge is 0.321 e. The number of aromatic amines is 1. The maximum atomic E-state index is 12.1.